The van der Waals surface area contributed by atoms with Gasteiger partial charge in [0.25, 0.3) is 0 Å². The SMILES string of the molecule is CC(C=O)[C@H]1CCC2C3CC=C4C[C@@H](O)CC[C@]4(C)C3CC[C@@]21C. The number of hydrogen-bond acceptors (Lipinski definition) is 2. The van der Waals surface area contributed by atoms with Crippen molar-refractivity contribution in [1.29, 1.82) is 0 Å². The molecule has 1 N–H and O–H groups in total. The van der Waals surface area contributed by atoms with Crippen LogP contribution in [-0.4, -0.2) is 17.5 Å². The summed E-state index contributed by atoms with van der Waals surface area (Å²) in [5, 5.41) is 10.1. The van der Waals surface area contributed by atoms with Crippen molar-refractivity contribution in [3.63, 3.8) is 0 Å². The predicted molar refractivity (Wildman–Crippen MR) is 96.4 cm³/mol. The molecular formula is C22H34O2. The van der Waals surface area contributed by atoms with Crippen LogP contribution in [0.15, 0.2) is 11.6 Å². The van der Waals surface area contributed by atoms with Crippen LogP contribution in [0.3, 0.4) is 0 Å². The third kappa shape index (κ3) is 2.21. The number of carbonyl (C=O) groups is 1. The zero-order valence-electron chi connectivity index (χ0n) is 15.6. The van der Waals surface area contributed by atoms with Crippen molar-refractivity contribution in [1.82, 2.24) is 0 Å². The van der Waals surface area contributed by atoms with E-state index in [0.717, 1.165) is 30.6 Å². The standard InChI is InChI=1S/C22H34O2/c1-14(13-23)18-6-7-19-17-5-4-15-12-16(24)8-10-21(15,2)20(17)9-11-22(18,19)3/h4,13-14,16-20,24H,5-12H2,1-3H3/t14?,16-,17?,18+,19?,20?,21-,22+/m0/s1. The van der Waals surface area contributed by atoms with E-state index in [4.69, 9.17) is 0 Å². The van der Waals surface area contributed by atoms with Gasteiger partial charge in [-0.2, -0.15) is 0 Å². The van der Waals surface area contributed by atoms with E-state index in [0.29, 0.717) is 16.7 Å². The highest BCUT2D eigenvalue weighted by molar-refractivity contribution is 5.53. The summed E-state index contributed by atoms with van der Waals surface area (Å²) in [6.45, 7) is 7.13. The molecule has 0 aromatic rings. The molecule has 3 saturated carbocycles. The molecule has 24 heavy (non-hydrogen) atoms. The number of allylic oxidation sites excluding steroid dienone is 1. The largest absolute Gasteiger partial charge is 0.393 e. The monoisotopic (exact) mass is 330 g/mol. The Morgan fingerprint density at radius 2 is 1.96 bits per heavy atom. The van der Waals surface area contributed by atoms with E-state index in [9.17, 15) is 9.90 Å². The third-order valence-electron chi connectivity index (χ3n) is 9.00. The zero-order chi connectivity index (χ0) is 17.1. The number of aliphatic hydroxyl groups excluding tert-OH is 1. The van der Waals surface area contributed by atoms with E-state index in [-0.39, 0.29) is 12.0 Å². The second-order valence-corrected chi connectivity index (χ2v) is 9.88. The van der Waals surface area contributed by atoms with Gasteiger partial charge >= 0.3 is 0 Å². The molecule has 0 spiro atoms. The van der Waals surface area contributed by atoms with Crippen molar-refractivity contribution in [3.8, 4) is 0 Å². The summed E-state index contributed by atoms with van der Waals surface area (Å²) in [7, 11) is 0. The van der Waals surface area contributed by atoms with Crippen LogP contribution in [0.1, 0.15) is 72.1 Å². The second-order valence-electron chi connectivity index (χ2n) is 9.88. The van der Waals surface area contributed by atoms with Gasteiger partial charge < -0.3 is 9.90 Å². The minimum atomic E-state index is -0.112. The topological polar surface area (TPSA) is 37.3 Å². The normalized spacial score (nSPS) is 51.8. The van der Waals surface area contributed by atoms with E-state index in [1.807, 2.05) is 0 Å². The van der Waals surface area contributed by atoms with Crippen molar-refractivity contribution in [2.45, 2.75) is 78.2 Å². The highest BCUT2D eigenvalue weighted by atomic mass is 16.3. The molecule has 2 nitrogen and oxygen atoms in total. The molecule has 0 saturated heterocycles. The molecule has 8 atom stereocenters. The first-order valence-corrected chi connectivity index (χ1v) is 10.2. The molecule has 134 valence electrons. The van der Waals surface area contributed by atoms with Gasteiger partial charge in [-0.05, 0) is 85.9 Å². The average molecular weight is 331 g/mol. The molecule has 0 aromatic heterocycles. The predicted octanol–water partition coefficient (Wildman–Crippen LogP) is 4.76. The molecule has 0 aromatic carbocycles. The lowest BCUT2D eigenvalue weighted by Crippen LogP contribution is -2.50. The zero-order valence-corrected chi connectivity index (χ0v) is 15.6. The number of aliphatic hydroxyl groups is 1. The van der Waals surface area contributed by atoms with Gasteiger partial charge in [0, 0.05) is 5.92 Å². The van der Waals surface area contributed by atoms with Crippen LogP contribution < -0.4 is 0 Å². The van der Waals surface area contributed by atoms with Gasteiger partial charge in [-0.25, -0.2) is 0 Å². The Hall–Kier alpha value is -0.630. The fourth-order valence-corrected chi connectivity index (χ4v) is 7.64. The van der Waals surface area contributed by atoms with Crippen LogP contribution >= 0.6 is 0 Å². The van der Waals surface area contributed by atoms with Crippen molar-refractivity contribution in [3.05, 3.63) is 11.6 Å². The quantitative estimate of drug-likeness (QED) is 0.585. The molecule has 0 radical (unpaired) electrons. The van der Waals surface area contributed by atoms with Gasteiger partial charge in [0.2, 0.25) is 0 Å². The van der Waals surface area contributed by atoms with Gasteiger partial charge in [-0.3, -0.25) is 0 Å². The van der Waals surface area contributed by atoms with E-state index < -0.39 is 0 Å². The number of aldehydes is 1. The first-order valence-electron chi connectivity index (χ1n) is 10.2. The van der Waals surface area contributed by atoms with Gasteiger partial charge in [-0.1, -0.05) is 32.4 Å². The lowest BCUT2D eigenvalue weighted by Gasteiger charge is -2.58. The molecule has 0 aliphatic heterocycles. The molecule has 2 heteroatoms. The number of hydrogen-bond donors (Lipinski definition) is 1. The van der Waals surface area contributed by atoms with Crippen molar-refractivity contribution < 1.29 is 9.90 Å². The molecule has 3 fully saturated rings. The summed E-state index contributed by atoms with van der Waals surface area (Å²) in [5.74, 6) is 3.20. The van der Waals surface area contributed by atoms with Gasteiger partial charge in [0.1, 0.15) is 6.29 Å². The van der Waals surface area contributed by atoms with Crippen molar-refractivity contribution >= 4 is 6.29 Å². The fraction of sp³-hybridized carbons (Fsp3) is 0.864. The van der Waals surface area contributed by atoms with Crippen LogP contribution in [0.25, 0.3) is 0 Å². The lowest BCUT2D eigenvalue weighted by molar-refractivity contribution is -0.115. The summed E-state index contributed by atoms with van der Waals surface area (Å²) in [5.41, 5.74) is 2.26. The summed E-state index contributed by atoms with van der Waals surface area (Å²) < 4.78 is 0. The van der Waals surface area contributed by atoms with E-state index in [1.54, 1.807) is 5.57 Å². The first-order chi connectivity index (χ1) is 11.4. The van der Waals surface area contributed by atoms with Crippen LogP contribution in [0, 0.1) is 40.4 Å². The van der Waals surface area contributed by atoms with Gasteiger partial charge in [-0.15, -0.1) is 0 Å². The molecular weight excluding hydrogens is 296 g/mol. The second kappa shape index (κ2) is 5.69. The third-order valence-corrected chi connectivity index (χ3v) is 9.00. The molecule has 0 bridgehead atoms. The maximum atomic E-state index is 11.4. The highest BCUT2D eigenvalue weighted by Gasteiger charge is 2.59. The lowest BCUT2D eigenvalue weighted by atomic mass is 9.47. The van der Waals surface area contributed by atoms with Crippen molar-refractivity contribution in [2.24, 2.45) is 40.4 Å². The Kier molecular flexibility index (Phi) is 3.99. The Bertz CT molecular complexity index is 552. The molecule has 4 rings (SSSR count). The van der Waals surface area contributed by atoms with Crippen LogP contribution in [0.5, 0.6) is 0 Å². The van der Waals surface area contributed by atoms with Gasteiger partial charge in [0.15, 0.2) is 0 Å². The summed E-state index contributed by atoms with van der Waals surface area (Å²) in [6, 6.07) is 0. The molecule has 0 amide bonds. The average Bonchev–Trinajstić information content (AvgIpc) is 2.92. The minimum Gasteiger partial charge on any atom is -0.393 e. The molecule has 4 aliphatic carbocycles. The summed E-state index contributed by atoms with van der Waals surface area (Å²) in [6.07, 6.45) is 13.0. The Morgan fingerprint density at radius 3 is 2.71 bits per heavy atom. The first kappa shape index (κ1) is 16.8. The van der Waals surface area contributed by atoms with E-state index in [2.05, 4.69) is 26.8 Å². The van der Waals surface area contributed by atoms with Crippen molar-refractivity contribution in [2.75, 3.05) is 0 Å². The Labute approximate surface area is 147 Å². The number of rotatable bonds is 2. The van der Waals surface area contributed by atoms with Crippen LogP contribution in [0.2, 0.25) is 0 Å². The van der Waals surface area contributed by atoms with E-state index >= 15 is 0 Å². The van der Waals surface area contributed by atoms with E-state index in [1.165, 1.54) is 44.8 Å². The van der Waals surface area contributed by atoms with Crippen LogP contribution in [0.4, 0.5) is 0 Å². The van der Waals surface area contributed by atoms with Crippen LogP contribution in [-0.2, 0) is 4.79 Å². The number of fused-ring (bicyclic) bond motifs is 5. The summed E-state index contributed by atoms with van der Waals surface area (Å²) in [4.78, 5) is 11.4. The Morgan fingerprint density at radius 1 is 1.17 bits per heavy atom. The molecule has 0 heterocycles. The highest BCUT2D eigenvalue weighted by Crippen LogP contribution is 2.66. The summed E-state index contributed by atoms with van der Waals surface area (Å²) >= 11 is 0. The molecule has 4 aliphatic rings. The fourth-order valence-electron chi connectivity index (χ4n) is 7.64. The maximum Gasteiger partial charge on any atom is 0.123 e. The van der Waals surface area contributed by atoms with Gasteiger partial charge in [0.05, 0.1) is 6.10 Å². The number of carbonyl (C=O) groups excluding carboxylic acids is 1. The minimum absolute atomic E-state index is 0.112. The Balaban J connectivity index is 1.64. The smallest absolute Gasteiger partial charge is 0.123 e. The maximum absolute atomic E-state index is 11.4. The molecule has 4 unspecified atom stereocenters.